The molecule has 2 heterocycles. The highest BCUT2D eigenvalue weighted by Crippen LogP contribution is 2.42. The third kappa shape index (κ3) is 4.00. The number of methoxy groups -OCH3 is 1. The highest BCUT2D eigenvalue weighted by Gasteiger charge is 2.27. The molecule has 0 aliphatic carbocycles. The Bertz CT molecular complexity index is 1430. The Kier molecular flexibility index (Phi) is 6.12. The van der Waals surface area contributed by atoms with Crippen LogP contribution in [0.25, 0.3) is 22.4 Å². The zero-order chi connectivity index (χ0) is 24.4. The van der Waals surface area contributed by atoms with E-state index in [1.54, 1.807) is 26.3 Å². The first kappa shape index (κ1) is 22.7. The van der Waals surface area contributed by atoms with Gasteiger partial charge in [-0.3, -0.25) is 9.89 Å². The largest absolute Gasteiger partial charge is 0.497 e. The number of benzene rings is 2. The third-order valence-corrected chi connectivity index (χ3v) is 6.50. The molecule has 0 bridgehead atoms. The first-order valence-corrected chi connectivity index (χ1v) is 10.9. The molecule has 10 heteroatoms. The van der Waals surface area contributed by atoms with E-state index in [9.17, 15) is 20.0 Å². The lowest BCUT2D eigenvalue weighted by Gasteiger charge is -2.15. The SMILES string of the molecule is COc1ccc(-c2c(C)sc(N(C)C(=O)c3nn[nH]c3-c3cccc(C(=O)O)c3)c2C#N)cc1. The molecule has 0 saturated heterocycles. The van der Waals surface area contributed by atoms with Crippen LogP contribution in [0.5, 0.6) is 5.75 Å². The summed E-state index contributed by atoms with van der Waals surface area (Å²) in [5, 5.41) is 30.1. The number of thiophene rings is 1. The van der Waals surface area contributed by atoms with E-state index in [1.165, 1.54) is 28.4 Å². The zero-order valence-electron chi connectivity index (χ0n) is 18.5. The number of aromatic nitrogens is 3. The number of rotatable bonds is 6. The molecule has 2 aromatic heterocycles. The van der Waals surface area contributed by atoms with Gasteiger partial charge in [-0.05, 0) is 36.8 Å². The molecule has 0 aliphatic rings. The van der Waals surface area contributed by atoms with Crippen molar-refractivity contribution in [2.75, 3.05) is 19.1 Å². The van der Waals surface area contributed by atoms with Gasteiger partial charge in [-0.25, -0.2) is 4.79 Å². The fourth-order valence-corrected chi connectivity index (χ4v) is 4.69. The number of aromatic amines is 1. The van der Waals surface area contributed by atoms with E-state index in [-0.39, 0.29) is 11.3 Å². The molecule has 4 aromatic rings. The molecule has 34 heavy (non-hydrogen) atoms. The van der Waals surface area contributed by atoms with Crippen LogP contribution in [-0.4, -0.2) is 46.6 Å². The monoisotopic (exact) mass is 473 g/mol. The Morgan fingerprint density at radius 3 is 2.56 bits per heavy atom. The smallest absolute Gasteiger partial charge is 0.335 e. The molecule has 4 rings (SSSR count). The van der Waals surface area contributed by atoms with Crippen molar-refractivity contribution < 1.29 is 19.4 Å². The Hall–Kier alpha value is -4.49. The molecule has 0 atom stereocenters. The van der Waals surface area contributed by atoms with Gasteiger partial charge in [0.15, 0.2) is 5.69 Å². The van der Waals surface area contributed by atoms with E-state index in [0.29, 0.717) is 27.6 Å². The van der Waals surface area contributed by atoms with Gasteiger partial charge in [0.05, 0.1) is 23.9 Å². The molecule has 9 nitrogen and oxygen atoms in total. The van der Waals surface area contributed by atoms with Gasteiger partial charge < -0.3 is 14.7 Å². The second-order valence-corrected chi connectivity index (χ2v) is 8.54. The van der Waals surface area contributed by atoms with E-state index in [2.05, 4.69) is 21.5 Å². The van der Waals surface area contributed by atoms with Gasteiger partial charge in [0.1, 0.15) is 16.8 Å². The topological polar surface area (TPSA) is 132 Å². The highest BCUT2D eigenvalue weighted by molar-refractivity contribution is 7.17. The van der Waals surface area contributed by atoms with E-state index < -0.39 is 11.9 Å². The van der Waals surface area contributed by atoms with E-state index in [4.69, 9.17) is 4.74 Å². The fraction of sp³-hybridized carbons (Fsp3) is 0.125. The molecule has 2 aromatic carbocycles. The number of hydrogen-bond acceptors (Lipinski definition) is 7. The van der Waals surface area contributed by atoms with Crippen molar-refractivity contribution in [2.24, 2.45) is 0 Å². The van der Waals surface area contributed by atoms with Crippen molar-refractivity contribution in [2.45, 2.75) is 6.92 Å². The number of carboxylic acids is 1. The minimum Gasteiger partial charge on any atom is -0.497 e. The van der Waals surface area contributed by atoms with Crippen LogP contribution in [0.1, 0.15) is 31.3 Å². The first-order chi connectivity index (χ1) is 16.3. The number of carboxylic acid groups (broad SMARTS) is 1. The lowest BCUT2D eigenvalue weighted by Crippen LogP contribution is -2.27. The number of nitrogens with one attached hydrogen (secondary N) is 1. The van der Waals surface area contributed by atoms with Crippen molar-refractivity contribution in [3.63, 3.8) is 0 Å². The summed E-state index contributed by atoms with van der Waals surface area (Å²) in [5.41, 5.74) is 2.81. The number of carbonyl (C=O) groups is 2. The second-order valence-electron chi connectivity index (χ2n) is 7.34. The maximum Gasteiger partial charge on any atom is 0.335 e. The number of nitriles is 1. The zero-order valence-corrected chi connectivity index (χ0v) is 19.3. The number of hydrogen-bond donors (Lipinski definition) is 2. The normalized spacial score (nSPS) is 10.5. The summed E-state index contributed by atoms with van der Waals surface area (Å²) in [6.45, 7) is 1.89. The Labute approximate surface area is 198 Å². The standard InChI is InChI=1S/C24H19N5O4S/c1-13-19(14-7-9-17(33-3)10-8-14)18(12-25)23(34-13)29(2)22(30)21-20(26-28-27-21)15-5-4-6-16(11-15)24(31)32/h4-11H,1-3H3,(H,31,32)(H,26,27,28). The number of anilines is 1. The van der Waals surface area contributed by atoms with Gasteiger partial charge in [-0.15, -0.1) is 16.4 Å². The minimum atomic E-state index is -1.09. The lowest BCUT2D eigenvalue weighted by molar-refractivity contribution is 0.0696. The predicted octanol–water partition coefficient (Wildman–Crippen LogP) is 4.36. The molecular weight excluding hydrogens is 454 g/mol. The van der Waals surface area contributed by atoms with Crippen LogP contribution in [0.4, 0.5) is 5.00 Å². The van der Waals surface area contributed by atoms with Crippen LogP contribution >= 0.6 is 11.3 Å². The number of H-pyrrole nitrogens is 1. The predicted molar refractivity (Wildman–Crippen MR) is 127 cm³/mol. The fourth-order valence-electron chi connectivity index (χ4n) is 3.61. The number of ether oxygens (including phenoxy) is 1. The molecule has 0 spiro atoms. The number of amides is 1. The maximum absolute atomic E-state index is 13.4. The molecule has 2 N–H and O–H groups in total. The van der Waals surface area contributed by atoms with Crippen molar-refractivity contribution in [3.05, 3.63) is 70.2 Å². The molecular formula is C24H19N5O4S. The van der Waals surface area contributed by atoms with E-state index in [1.807, 2.05) is 31.2 Å². The summed E-state index contributed by atoms with van der Waals surface area (Å²) >= 11 is 1.33. The quantitative estimate of drug-likeness (QED) is 0.425. The average Bonchev–Trinajstić information content (AvgIpc) is 3.47. The van der Waals surface area contributed by atoms with Crippen molar-refractivity contribution in [1.82, 2.24) is 15.4 Å². The maximum atomic E-state index is 13.4. The van der Waals surface area contributed by atoms with E-state index in [0.717, 1.165) is 16.0 Å². The van der Waals surface area contributed by atoms with Crippen molar-refractivity contribution in [1.29, 1.82) is 5.26 Å². The molecule has 170 valence electrons. The third-order valence-electron chi connectivity index (χ3n) is 5.31. The number of nitrogens with zero attached hydrogens (tertiary/aromatic N) is 4. The van der Waals surface area contributed by atoms with Gasteiger partial charge in [0, 0.05) is 23.1 Å². The minimum absolute atomic E-state index is 0.0194. The van der Waals surface area contributed by atoms with Crippen LogP contribution in [0, 0.1) is 18.3 Å². The van der Waals surface area contributed by atoms with Crippen LogP contribution < -0.4 is 9.64 Å². The molecule has 0 unspecified atom stereocenters. The second kappa shape index (κ2) is 9.17. The summed E-state index contributed by atoms with van der Waals surface area (Å²) in [4.78, 5) is 27.0. The van der Waals surface area contributed by atoms with Gasteiger partial charge in [0.2, 0.25) is 0 Å². The molecule has 1 amide bonds. The van der Waals surface area contributed by atoms with Crippen LogP contribution in [-0.2, 0) is 0 Å². The Morgan fingerprint density at radius 2 is 1.91 bits per heavy atom. The molecule has 0 radical (unpaired) electrons. The van der Waals surface area contributed by atoms with Crippen LogP contribution in [0.15, 0.2) is 48.5 Å². The average molecular weight is 474 g/mol. The van der Waals surface area contributed by atoms with Crippen LogP contribution in [0.3, 0.4) is 0 Å². The Morgan fingerprint density at radius 1 is 1.18 bits per heavy atom. The summed E-state index contributed by atoms with van der Waals surface area (Å²) in [5.74, 6) is -0.866. The van der Waals surface area contributed by atoms with Crippen molar-refractivity contribution in [3.8, 4) is 34.2 Å². The summed E-state index contributed by atoms with van der Waals surface area (Å²) < 4.78 is 5.21. The number of aromatic carboxylic acids is 1. The van der Waals surface area contributed by atoms with Gasteiger partial charge >= 0.3 is 5.97 Å². The van der Waals surface area contributed by atoms with E-state index >= 15 is 0 Å². The molecule has 0 saturated carbocycles. The molecule has 0 fully saturated rings. The summed E-state index contributed by atoms with van der Waals surface area (Å²) in [7, 11) is 3.15. The van der Waals surface area contributed by atoms with Gasteiger partial charge in [0.25, 0.3) is 5.91 Å². The Balaban J connectivity index is 1.73. The number of aryl methyl sites for hydroxylation is 1. The van der Waals surface area contributed by atoms with Gasteiger partial charge in [-0.2, -0.15) is 5.26 Å². The first-order valence-electron chi connectivity index (χ1n) is 10.1. The lowest BCUT2D eigenvalue weighted by atomic mass is 10.0. The van der Waals surface area contributed by atoms with Crippen molar-refractivity contribution >= 4 is 28.2 Å². The van der Waals surface area contributed by atoms with Crippen LogP contribution in [0.2, 0.25) is 0 Å². The van der Waals surface area contributed by atoms with Gasteiger partial charge in [-0.1, -0.05) is 29.5 Å². The highest BCUT2D eigenvalue weighted by atomic mass is 32.1. The molecule has 0 aliphatic heterocycles. The number of carbonyl (C=O) groups excluding carboxylic acids is 1. The summed E-state index contributed by atoms with van der Waals surface area (Å²) in [6, 6.07) is 15.7. The summed E-state index contributed by atoms with van der Waals surface area (Å²) in [6.07, 6.45) is 0.